The molecule has 0 fully saturated rings. The summed E-state index contributed by atoms with van der Waals surface area (Å²) >= 11 is 0. The predicted molar refractivity (Wildman–Crippen MR) is 101 cm³/mol. The summed E-state index contributed by atoms with van der Waals surface area (Å²) in [5, 5.41) is 11.2. The van der Waals surface area contributed by atoms with Crippen LogP contribution in [0.3, 0.4) is 0 Å². The van der Waals surface area contributed by atoms with Gasteiger partial charge < -0.3 is 19.1 Å². The van der Waals surface area contributed by atoms with Crippen LogP contribution in [0, 0.1) is 0 Å². The Morgan fingerprint density at radius 2 is 1.84 bits per heavy atom. The van der Waals surface area contributed by atoms with Crippen LogP contribution in [0.15, 0.2) is 23.0 Å². The normalized spacial score (nSPS) is 11.0. The molecule has 0 atom stereocenters. The zero-order valence-corrected chi connectivity index (χ0v) is 15.5. The number of benzene rings is 1. The van der Waals surface area contributed by atoms with Crippen molar-refractivity contribution >= 4 is 10.9 Å². The number of aromatic nitrogens is 1. The summed E-state index contributed by atoms with van der Waals surface area (Å²) in [4.78, 5) is 12.9. The van der Waals surface area contributed by atoms with Crippen LogP contribution < -0.4 is 15.0 Å². The summed E-state index contributed by atoms with van der Waals surface area (Å²) in [5.41, 5.74) is 0.399. The lowest BCUT2D eigenvalue weighted by Gasteiger charge is -2.16. The second-order valence-electron chi connectivity index (χ2n) is 6.28. The Kier molecular flexibility index (Phi) is 7.16. The van der Waals surface area contributed by atoms with Gasteiger partial charge >= 0.3 is 0 Å². The van der Waals surface area contributed by atoms with Crippen LogP contribution in [-0.4, -0.2) is 23.4 Å². The molecule has 0 aliphatic heterocycles. The molecule has 0 spiro atoms. The second kappa shape index (κ2) is 9.35. The lowest BCUT2D eigenvalue weighted by molar-refractivity contribution is 0.284. The maximum absolute atomic E-state index is 12.9. The topological polar surface area (TPSA) is 60.7 Å². The SMILES string of the molecule is CCCCCCOc1c(O)c2ccc(OC)cc2n(CCCC)c1=O. The molecule has 0 aliphatic rings. The summed E-state index contributed by atoms with van der Waals surface area (Å²) in [7, 11) is 1.59. The number of fused-ring (bicyclic) bond motifs is 1. The highest BCUT2D eigenvalue weighted by Gasteiger charge is 2.18. The molecule has 0 saturated heterocycles. The van der Waals surface area contributed by atoms with E-state index in [1.54, 1.807) is 29.9 Å². The van der Waals surface area contributed by atoms with Gasteiger partial charge in [-0.15, -0.1) is 0 Å². The van der Waals surface area contributed by atoms with Crippen molar-refractivity contribution in [3.63, 3.8) is 0 Å². The van der Waals surface area contributed by atoms with Crippen LogP contribution in [0.5, 0.6) is 17.2 Å². The molecule has 1 aromatic heterocycles. The first-order valence-corrected chi connectivity index (χ1v) is 9.20. The van der Waals surface area contributed by atoms with Gasteiger partial charge in [0.2, 0.25) is 5.75 Å². The largest absolute Gasteiger partial charge is 0.504 e. The smallest absolute Gasteiger partial charge is 0.297 e. The van der Waals surface area contributed by atoms with E-state index in [1.807, 2.05) is 0 Å². The standard InChI is InChI=1S/C20H29NO4/c1-4-6-8-9-13-25-19-18(22)16-11-10-15(24-3)14-17(16)21(20(19)23)12-7-5-2/h10-11,14,22H,4-9,12-13H2,1-3H3. The van der Waals surface area contributed by atoms with Gasteiger partial charge in [-0.3, -0.25) is 4.79 Å². The summed E-state index contributed by atoms with van der Waals surface area (Å²) < 4.78 is 12.6. The van der Waals surface area contributed by atoms with Crippen molar-refractivity contribution in [1.82, 2.24) is 4.57 Å². The highest BCUT2D eigenvalue weighted by Crippen LogP contribution is 2.33. The zero-order valence-electron chi connectivity index (χ0n) is 15.5. The molecule has 1 N–H and O–H groups in total. The van der Waals surface area contributed by atoms with E-state index in [0.717, 1.165) is 38.5 Å². The van der Waals surface area contributed by atoms with Crippen molar-refractivity contribution in [1.29, 1.82) is 0 Å². The lowest BCUT2D eigenvalue weighted by Crippen LogP contribution is -2.23. The Morgan fingerprint density at radius 1 is 1.08 bits per heavy atom. The van der Waals surface area contributed by atoms with Crippen LogP contribution >= 0.6 is 0 Å². The van der Waals surface area contributed by atoms with Crippen LogP contribution in [0.25, 0.3) is 10.9 Å². The Morgan fingerprint density at radius 3 is 2.52 bits per heavy atom. The van der Waals surface area contributed by atoms with Crippen molar-refractivity contribution in [3.8, 4) is 17.2 Å². The van der Waals surface area contributed by atoms with Crippen LogP contribution in [0.2, 0.25) is 0 Å². The number of rotatable bonds is 10. The van der Waals surface area contributed by atoms with E-state index in [0.29, 0.717) is 29.8 Å². The molecule has 138 valence electrons. The van der Waals surface area contributed by atoms with Crippen LogP contribution in [-0.2, 0) is 6.54 Å². The number of hydrogen-bond acceptors (Lipinski definition) is 4. The maximum atomic E-state index is 12.9. The van der Waals surface area contributed by atoms with Crippen LogP contribution in [0.4, 0.5) is 0 Å². The molecular formula is C20H29NO4. The number of methoxy groups -OCH3 is 1. The number of aryl methyl sites for hydroxylation is 1. The highest BCUT2D eigenvalue weighted by molar-refractivity contribution is 5.88. The number of unbranched alkanes of at least 4 members (excludes halogenated alkanes) is 4. The van der Waals surface area contributed by atoms with Gasteiger partial charge in [-0.05, 0) is 25.0 Å². The van der Waals surface area contributed by atoms with Gasteiger partial charge in [-0.1, -0.05) is 39.5 Å². The van der Waals surface area contributed by atoms with Crippen molar-refractivity contribution in [2.75, 3.05) is 13.7 Å². The molecule has 0 amide bonds. The third-order valence-corrected chi connectivity index (χ3v) is 4.38. The Labute approximate surface area is 149 Å². The molecule has 0 radical (unpaired) electrons. The summed E-state index contributed by atoms with van der Waals surface area (Å²) in [6.45, 7) is 5.26. The predicted octanol–water partition coefficient (Wildman–Crippen LogP) is 4.47. The van der Waals surface area contributed by atoms with Gasteiger partial charge in [0.15, 0.2) is 5.75 Å². The molecule has 0 aliphatic carbocycles. The maximum Gasteiger partial charge on any atom is 0.297 e. The zero-order chi connectivity index (χ0) is 18.2. The Hall–Kier alpha value is -2.17. The number of nitrogens with zero attached hydrogens (tertiary/aromatic N) is 1. The Bertz CT molecular complexity index is 751. The van der Waals surface area contributed by atoms with Crippen molar-refractivity contribution < 1.29 is 14.6 Å². The molecular weight excluding hydrogens is 318 g/mol. The first kappa shape index (κ1) is 19.2. The van der Waals surface area contributed by atoms with Gasteiger partial charge in [-0.25, -0.2) is 0 Å². The third kappa shape index (κ3) is 4.47. The van der Waals surface area contributed by atoms with E-state index in [9.17, 15) is 9.90 Å². The van der Waals surface area contributed by atoms with Gasteiger partial charge in [0, 0.05) is 18.0 Å². The molecule has 0 saturated carbocycles. The molecule has 25 heavy (non-hydrogen) atoms. The third-order valence-electron chi connectivity index (χ3n) is 4.38. The molecule has 1 aromatic carbocycles. The molecule has 5 nitrogen and oxygen atoms in total. The first-order valence-electron chi connectivity index (χ1n) is 9.20. The van der Waals surface area contributed by atoms with E-state index in [1.165, 1.54) is 0 Å². The summed E-state index contributed by atoms with van der Waals surface area (Å²) in [6, 6.07) is 5.34. The molecule has 2 aromatic rings. The number of hydrogen-bond donors (Lipinski definition) is 1. The van der Waals surface area contributed by atoms with Crippen molar-refractivity contribution in [2.24, 2.45) is 0 Å². The molecule has 2 rings (SSSR count). The minimum atomic E-state index is -0.276. The monoisotopic (exact) mass is 347 g/mol. The Balaban J connectivity index is 2.42. The minimum absolute atomic E-state index is 0.0604. The number of aromatic hydroxyl groups is 1. The van der Waals surface area contributed by atoms with E-state index >= 15 is 0 Å². The fraction of sp³-hybridized carbons (Fsp3) is 0.550. The van der Waals surface area contributed by atoms with E-state index in [-0.39, 0.29) is 17.1 Å². The molecule has 0 bridgehead atoms. The lowest BCUT2D eigenvalue weighted by atomic mass is 10.1. The molecule has 0 unspecified atom stereocenters. The molecule has 1 heterocycles. The second-order valence-corrected chi connectivity index (χ2v) is 6.28. The van der Waals surface area contributed by atoms with Crippen molar-refractivity contribution in [3.05, 3.63) is 28.6 Å². The quantitative estimate of drug-likeness (QED) is 0.644. The van der Waals surface area contributed by atoms with E-state index in [4.69, 9.17) is 9.47 Å². The number of pyridine rings is 1. The van der Waals surface area contributed by atoms with E-state index in [2.05, 4.69) is 13.8 Å². The number of ether oxygens (including phenoxy) is 2. The van der Waals surface area contributed by atoms with Gasteiger partial charge in [0.05, 0.1) is 19.2 Å². The van der Waals surface area contributed by atoms with Gasteiger partial charge in [0.1, 0.15) is 5.75 Å². The van der Waals surface area contributed by atoms with E-state index < -0.39 is 0 Å². The summed E-state index contributed by atoms with van der Waals surface area (Å²) in [5.74, 6) is 0.640. The highest BCUT2D eigenvalue weighted by atomic mass is 16.5. The first-order chi connectivity index (χ1) is 12.1. The van der Waals surface area contributed by atoms with Gasteiger partial charge in [0.25, 0.3) is 5.56 Å². The fourth-order valence-corrected chi connectivity index (χ4v) is 2.89. The fourth-order valence-electron chi connectivity index (χ4n) is 2.89. The minimum Gasteiger partial charge on any atom is -0.504 e. The van der Waals surface area contributed by atoms with Crippen LogP contribution in [0.1, 0.15) is 52.4 Å². The average molecular weight is 347 g/mol. The van der Waals surface area contributed by atoms with Gasteiger partial charge in [-0.2, -0.15) is 0 Å². The van der Waals surface area contributed by atoms with Crippen molar-refractivity contribution in [2.45, 2.75) is 58.9 Å². The average Bonchev–Trinajstić information content (AvgIpc) is 2.63. The molecule has 5 heteroatoms. The summed E-state index contributed by atoms with van der Waals surface area (Å²) in [6.07, 6.45) is 6.09.